The molecule has 6 nitrogen and oxygen atoms in total. The highest BCUT2D eigenvalue weighted by atomic mass is 16.2. The van der Waals surface area contributed by atoms with Crippen LogP contribution in [0.2, 0.25) is 0 Å². The molecule has 20 heavy (non-hydrogen) atoms. The number of nitrogens with one attached hydrogen (secondary N) is 1. The Morgan fingerprint density at radius 1 is 1.35 bits per heavy atom. The number of carbonyl (C=O) groups excluding carboxylic acids is 1. The standard InChI is InChI=1S/C14H23N5O/c1-17(9-10-18-6-2-3-7-18)13(20)12-11-19-8-4-5-15-14(19)16-12/h11H,2-10H2,1H3,(H,15,16). The molecule has 3 rings (SSSR count). The van der Waals surface area contributed by atoms with Gasteiger partial charge < -0.3 is 19.7 Å². The third-order valence-electron chi connectivity index (χ3n) is 4.15. The summed E-state index contributed by atoms with van der Waals surface area (Å²) in [6.45, 7) is 5.97. The predicted molar refractivity (Wildman–Crippen MR) is 78.0 cm³/mol. The zero-order valence-corrected chi connectivity index (χ0v) is 12.1. The van der Waals surface area contributed by atoms with Gasteiger partial charge in [0.25, 0.3) is 5.91 Å². The highest BCUT2D eigenvalue weighted by molar-refractivity contribution is 5.92. The van der Waals surface area contributed by atoms with E-state index in [2.05, 4.69) is 15.2 Å². The van der Waals surface area contributed by atoms with E-state index in [4.69, 9.17) is 0 Å². The van der Waals surface area contributed by atoms with Crippen LogP contribution in [-0.4, -0.2) is 65.0 Å². The summed E-state index contributed by atoms with van der Waals surface area (Å²) < 4.78 is 2.03. The number of aromatic nitrogens is 2. The number of anilines is 1. The smallest absolute Gasteiger partial charge is 0.273 e. The van der Waals surface area contributed by atoms with Crippen LogP contribution < -0.4 is 5.32 Å². The molecule has 0 aliphatic carbocycles. The summed E-state index contributed by atoms with van der Waals surface area (Å²) in [4.78, 5) is 21.0. The van der Waals surface area contributed by atoms with Gasteiger partial charge in [-0.1, -0.05) is 0 Å². The van der Waals surface area contributed by atoms with Crippen LogP contribution in [0.25, 0.3) is 0 Å². The molecule has 110 valence electrons. The van der Waals surface area contributed by atoms with Gasteiger partial charge >= 0.3 is 0 Å². The Hall–Kier alpha value is -1.56. The lowest BCUT2D eigenvalue weighted by atomic mass is 10.3. The minimum absolute atomic E-state index is 0.0212. The van der Waals surface area contributed by atoms with Crippen molar-refractivity contribution in [3.63, 3.8) is 0 Å². The van der Waals surface area contributed by atoms with E-state index in [1.54, 1.807) is 4.90 Å². The molecule has 1 N–H and O–H groups in total. The molecular formula is C14H23N5O. The fourth-order valence-corrected chi connectivity index (χ4v) is 2.87. The van der Waals surface area contributed by atoms with Crippen molar-refractivity contribution in [1.29, 1.82) is 0 Å². The van der Waals surface area contributed by atoms with Crippen molar-refractivity contribution in [3.05, 3.63) is 11.9 Å². The van der Waals surface area contributed by atoms with Crippen LogP contribution in [0.1, 0.15) is 29.8 Å². The number of hydrogen-bond acceptors (Lipinski definition) is 4. The van der Waals surface area contributed by atoms with Gasteiger partial charge in [-0.15, -0.1) is 0 Å². The first-order valence-electron chi connectivity index (χ1n) is 7.53. The summed E-state index contributed by atoms with van der Waals surface area (Å²) in [6.07, 6.45) is 5.53. The number of fused-ring (bicyclic) bond motifs is 1. The van der Waals surface area contributed by atoms with Gasteiger partial charge in [-0.05, 0) is 32.4 Å². The number of hydrogen-bond donors (Lipinski definition) is 1. The highest BCUT2D eigenvalue weighted by Crippen LogP contribution is 2.15. The van der Waals surface area contributed by atoms with Crippen molar-refractivity contribution in [2.45, 2.75) is 25.8 Å². The van der Waals surface area contributed by atoms with E-state index >= 15 is 0 Å². The molecule has 1 aromatic rings. The van der Waals surface area contributed by atoms with Crippen molar-refractivity contribution in [3.8, 4) is 0 Å². The zero-order chi connectivity index (χ0) is 13.9. The topological polar surface area (TPSA) is 53.4 Å². The molecule has 6 heteroatoms. The Morgan fingerprint density at radius 3 is 2.90 bits per heavy atom. The summed E-state index contributed by atoms with van der Waals surface area (Å²) in [5.41, 5.74) is 0.554. The molecule has 0 bridgehead atoms. The van der Waals surface area contributed by atoms with Gasteiger partial charge in [0.15, 0.2) is 0 Å². The van der Waals surface area contributed by atoms with Gasteiger partial charge in [0, 0.05) is 39.4 Å². The molecule has 1 amide bonds. The van der Waals surface area contributed by atoms with E-state index in [1.165, 1.54) is 25.9 Å². The molecule has 1 fully saturated rings. The summed E-state index contributed by atoms with van der Waals surface area (Å²) in [5.74, 6) is 0.848. The van der Waals surface area contributed by atoms with Gasteiger partial charge in [-0.25, -0.2) is 4.98 Å². The molecule has 2 aliphatic heterocycles. The normalized spacial score (nSPS) is 18.6. The Balaban J connectivity index is 1.58. The Bertz CT molecular complexity index is 454. The quantitative estimate of drug-likeness (QED) is 0.887. The van der Waals surface area contributed by atoms with Crippen LogP contribution in [0.5, 0.6) is 0 Å². The summed E-state index contributed by atoms with van der Waals surface area (Å²) >= 11 is 0. The van der Waals surface area contributed by atoms with Crippen LogP contribution in [-0.2, 0) is 6.54 Å². The molecule has 1 aromatic heterocycles. The molecule has 1 saturated heterocycles. The summed E-state index contributed by atoms with van der Waals surface area (Å²) in [6, 6.07) is 0. The maximum atomic E-state index is 12.4. The highest BCUT2D eigenvalue weighted by Gasteiger charge is 2.20. The number of nitrogens with zero attached hydrogens (tertiary/aromatic N) is 4. The van der Waals surface area contributed by atoms with E-state index < -0.39 is 0 Å². The maximum Gasteiger partial charge on any atom is 0.273 e. The average Bonchev–Trinajstić information content (AvgIpc) is 3.12. The maximum absolute atomic E-state index is 12.4. The monoisotopic (exact) mass is 277 g/mol. The second kappa shape index (κ2) is 5.83. The van der Waals surface area contributed by atoms with E-state index in [0.717, 1.165) is 38.5 Å². The number of amides is 1. The Labute approximate surface area is 119 Å². The van der Waals surface area contributed by atoms with Crippen molar-refractivity contribution in [2.24, 2.45) is 0 Å². The van der Waals surface area contributed by atoms with E-state index in [-0.39, 0.29) is 5.91 Å². The first kappa shape index (κ1) is 13.4. The molecule has 0 radical (unpaired) electrons. The molecule has 3 heterocycles. The molecule has 0 spiro atoms. The van der Waals surface area contributed by atoms with Gasteiger partial charge in [0.05, 0.1) is 0 Å². The van der Waals surface area contributed by atoms with Crippen molar-refractivity contribution in [1.82, 2.24) is 19.4 Å². The molecule has 2 aliphatic rings. The van der Waals surface area contributed by atoms with E-state index in [9.17, 15) is 4.79 Å². The Morgan fingerprint density at radius 2 is 2.15 bits per heavy atom. The third kappa shape index (κ3) is 2.80. The van der Waals surface area contributed by atoms with Gasteiger partial charge in [-0.2, -0.15) is 0 Å². The van der Waals surface area contributed by atoms with Gasteiger partial charge in [0.1, 0.15) is 5.69 Å². The summed E-state index contributed by atoms with van der Waals surface area (Å²) in [7, 11) is 1.87. The number of imidazole rings is 1. The Kier molecular flexibility index (Phi) is 3.91. The second-order valence-corrected chi connectivity index (χ2v) is 5.70. The minimum atomic E-state index is 0.0212. The fourth-order valence-electron chi connectivity index (χ4n) is 2.87. The van der Waals surface area contributed by atoms with E-state index in [1.807, 2.05) is 17.8 Å². The molecule has 0 atom stereocenters. The summed E-state index contributed by atoms with van der Waals surface area (Å²) in [5, 5.41) is 3.23. The lowest BCUT2D eigenvalue weighted by Crippen LogP contribution is -2.35. The second-order valence-electron chi connectivity index (χ2n) is 5.70. The van der Waals surface area contributed by atoms with Crippen LogP contribution in [0.4, 0.5) is 5.95 Å². The molecule has 0 aromatic carbocycles. The zero-order valence-electron chi connectivity index (χ0n) is 12.1. The predicted octanol–water partition coefficient (Wildman–Crippen LogP) is 0.866. The van der Waals surface area contributed by atoms with Gasteiger partial charge in [0.2, 0.25) is 5.95 Å². The first-order chi connectivity index (χ1) is 9.74. The van der Waals surface area contributed by atoms with Crippen LogP contribution in [0.15, 0.2) is 6.20 Å². The molecule has 0 unspecified atom stereocenters. The van der Waals surface area contributed by atoms with Crippen LogP contribution >= 0.6 is 0 Å². The van der Waals surface area contributed by atoms with E-state index in [0.29, 0.717) is 5.69 Å². The molecular weight excluding hydrogens is 254 g/mol. The van der Waals surface area contributed by atoms with Crippen molar-refractivity contribution < 1.29 is 4.79 Å². The van der Waals surface area contributed by atoms with Crippen LogP contribution in [0.3, 0.4) is 0 Å². The van der Waals surface area contributed by atoms with Crippen molar-refractivity contribution in [2.75, 3.05) is 45.1 Å². The first-order valence-corrected chi connectivity index (χ1v) is 7.53. The van der Waals surface area contributed by atoms with Gasteiger partial charge in [-0.3, -0.25) is 4.79 Å². The average molecular weight is 277 g/mol. The number of likely N-dealkylation sites (N-methyl/N-ethyl adjacent to an activating group) is 1. The lowest BCUT2D eigenvalue weighted by molar-refractivity contribution is 0.0777. The minimum Gasteiger partial charge on any atom is -0.356 e. The number of likely N-dealkylation sites (tertiary alicyclic amines) is 1. The van der Waals surface area contributed by atoms with Crippen molar-refractivity contribution >= 4 is 11.9 Å². The number of aryl methyl sites for hydroxylation is 1. The largest absolute Gasteiger partial charge is 0.356 e. The molecule has 0 saturated carbocycles. The lowest BCUT2D eigenvalue weighted by Gasteiger charge is -2.20. The number of rotatable bonds is 4. The third-order valence-corrected chi connectivity index (χ3v) is 4.15. The fraction of sp³-hybridized carbons (Fsp3) is 0.714. The SMILES string of the molecule is CN(CCN1CCCC1)C(=O)c1cn2c(n1)NCCC2. The van der Waals surface area contributed by atoms with Crippen LogP contribution in [0, 0.1) is 0 Å². The number of carbonyl (C=O) groups is 1.